The van der Waals surface area contributed by atoms with Crippen molar-refractivity contribution in [1.29, 1.82) is 0 Å². The summed E-state index contributed by atoms with van der Waals surface area (Å²) in [6.07, 6.45) is 15.1. The van der Waals surface area contributed by atoms with Crippen LogP contribution in [-0.4, -0.2) is 99.1 Å². The van der Waals surface area contributed by atoms with E-state index in [4.69, 9.17) is 33.0 Å². The van der Waals surface area contributed by atoms with Crippen LogP contribution in [0, 0.1) is 20.4 Å². The molecule has 3 heterocycles. The van der Waals surface area contributed by atoms with Crippen molar-refractivity contribution in [3.05, 3.63) is 109 Å². The third-order valence-corrected chi connectivity index (χ3v) is 13.1. The Labute approximate surface area is 425 Å². The number of H-pyrrole nitrogens is 1. The van der Waals surface area contributed by atoms with Crippen LogP contribution in [-0.2, 0) is 25.8 Å². The topological polar surface area (TPSA) is 254 Å². The number of anilines is 4. The van der Waals surface area contributed by atoms with Crippen molar-refractivity contribution < 1.29 is 9.47 Å². The van der Waals surface area contributed by atoms with Crippen molar-refractivity contribution in [2.45, 2.75) is 137 Å². The number of ether oxygens (including phenoxy) is 2. The molecule has 0 spiro atoms. The first kappa shape index (κ1) is 58.5. The van der Waals surface area contributed by atoms with Crippen LogP contribution in [0.2, 0.25) is 19.6 Å². The summed E-state index contributed by atoms with van der Waals surface area (Å²) < 4.78 is 14.8. The maximum Gasteiger partial charge on any atom is 0.239 e. The molecule has 0 aliphatic carbocycles. The van der Waals surface area contributed by atoms with Crippen LogP contribution in [0.15, 0.2) is 41.2 Å². The molecule has 0 fully saturated rings. The van der Waals surface area contributed by atoms with E-state index < -0.39 is 8.24 Å². The number of unbranched alkanes of at least 4 members (excludes halogenated alkanes) is 2. The lowest BCUT2D eigenvalue weighted by Gasteiger charge is -2.22. The number of azide groups is 1. The van der Waals surface area contributed by atoms with Crippen LogP contribution < -0.4 is 31.6 Å². The van der Waals surface area contributed by atoms with Crippen molar-refractivity contribution in [3.63, 3.8) is 0 Å². The van der Waals surface area contributed by atoms with E-state index in [1.807, 2.05) is 87.3 Å². The van der Waals surface area contributed by atoms with E-state index in [1.165, 1.54) is 25.7 Å². The molecule has 7 N–H and O–H groups in total. The lowest BCUT2D eigenvalue weighted by molar-refractivity contribution is 0.410. The summed E-state index contributed by atoms with van der Waals surface area (Å²) in [6, 6.07) is 12.7. The number of nitrogens with one attached hydrogen (secondary N) is 3. The first-order valence-corrected chi connectivity index (χ1v) is 30.1. The second-order valence-corrected chi connectivity index (χ2v) is 24.4. The second kappa shape index (κ2) is 31.4. The molecule has 0 aliphatic heterocycles. The molecule has 21 heteroatoms. The molecular formula is C49H76N16O2S2Si. The molecule has 0 bridgehead atoms. The molecule has 0 unspecified atom stereocenters. The number of hydrogen-bond acceptors (Lipinski definition) is 16. The van der Waals surface area contributed by atoms with Gasteiger partial charge in [-0.15, -0.1) is 15.0 Å². The zero-order valence-electron chi connectivity index (χ0n) is 43.2. The number of thioether (sulfide) groups is 2. The maximum absolute atomic E-state index is 7.89. The van der Waals surface area contributed by atoms with Crippen molar-refractivity contribution in [1.82, 2.24) is 40.6 Å². The quantitative estimate of drug-likeness (QED) is 0.0113. The molecule has 5 rings (SSSR count). The Balaban J connectivity index is 0.000000327. The van der Waals surface area contributed by atoms with Gasteiger partial charge < -0.3 is 36.4 Å². The summed E-state index contributed by atoms with van der Waals surface area (Å²) in [5.41, 5.74) is 27.8. The Morgan fingerprint density at radius 1 is 0.757 bits per heavy atom. The Hall–Kier alpha value is -5.81. The lowest BCUT2D eigenvalue weighted by Crippen LogP contribution is -2.23. The van der Waals surface area contributed by atoms with Gasteiger partial charge in [-0.25, -0.2) is 16.5 Å². The molecule has 0 amide bonds. The fraction of sp³-hybridized carbons (Fsp3) is 0.551. The van der Waals surface area contributed by atoms with Crippen LogP contribution >= 0.6 is 23.5 Å². The molecule has 2 aromatic carbocycles. The number of tetrazole rings is 1. The van der Waals surface area contributed by atoms with E-state index in [0.29, 0.717) is 43.7 Å². The van der Waals surface area contributed by atoms with Crippen molar-refractivity contribution in [2.75, 3.05) is 60.3 Å². The Morgan fingerprint density at radius 3 is 1.63 bits per heavy atom. The maximum atomic E-state index is 7.89. The van der Waals surface area contributed by atoms with Gasteiger partial charge in [0.15, 0.2) is 5.82 Å². The highest BCUT2D eigenvalue weighted by molar-refractivity contribution is 7.98. The third-order valence-electron chi connectivity index (χ3n) is 11.1. The molecule has 0 saturated heterocycles. The van der Waals surface area contributed by atoms with Gasteiger partial charge in [0, 0.05) is 59.4 Å². The highest BCUT2D eigenvalue weighted by Crippen LogP contribution is 2.31. The average molecular weight is 1010 g/mol. The summed E-state index contributed by atoms with van der Waals surface area (Å²) in [4.78, 5) is 24.2. The molecule has 0 aliphatic rings. The van der Waals surface area contributed by atoms with E-state index in [2.05, 4.69) is 98.2 Å². The molecule has 380 valence electrons. The van der Waals surface area contributed by atoms with Gasteiger partial charge in [0.1, 0.15) is 31.4 Å². The van der Waals surface area contributed by atoms with Crippen molar-refractivity contribution in [2.24, 2.45) is 4.78 Å². The lowest BCUT2D eigenvalue weighted by atomic mass is 9.99. The number of benzene rings is 2. The van der Waals surface area contributed by atoms with Crippen LogP contribution in [0.3, 0.4) is 0 Å². The molecular weight excluding hydrogens is 937 g/mol. The van der Waals surface area contributed by atoms with Crippen LogP contribution in [0.4, 0.5) is 23.5 Å². The van der Waals surface area contributed by atoms with E-state index in [0.717, 1.165) is 105 Å². The minimum Gasteiger partial charge on any atom is -0.496 e. The molecule has 18 nitrogen and oxygen atoms in total. The molecule has 2 atom stereocenters. The second-order valence-electron chi connectivity index (χ2n) is 17.8. The smallest absolute Gasteiger partial charge is 0.239 e. The minimum absolute atomic E-state index is 0.284. The van der Waals surface area contributed by atoms with Gasteiger partial charge in [0.25, 0.3) is 0 Å². The van der Waals surface area contributed by atoms with Gasteiger partial charge in [-0.1, -0.05) is 76.5 Å². The molecule has 0 radical (unpaired) electrons. The molecule has 70 heavy (non-hydrogen) atoms. The molecule has 5 aromatic rings. The summed E-state index contributed by atoms with van der Waals surface area (Å²) in [5.74, 6) is 6.66. The number of aromatic nitrogens is 8. The van der Waals surface area contributed by atoms with Gasteiger partial charge >= 0.3 is 0 Å². The van der Waals surface area contributed by atoms with E-state index in [9.17, 15) is 0 Å². The molecule has 3 aromatic heterocycles. The summed E-state index contributed by atoms with van der Waals surface area (Å²) in [5, 5.41) is 21.6. The predicted molar refractivity (Wildman–Crippen MR) is 294 cm³/mol. The third kappa shape index (κ3) is 20.6. The van der Waals surface area contributed by atoms with Crippen molar-refractivity contribution in [3.8, 4) is 11.5 Å². The largest absolute Gasteiger partial charge is 0.496 e. The van der Waals surface area contributed by atoms with E-state index >= 15 is 0 Å². The van der Waals surface area contributed by atoms with Crippen molar-refractivity contribution >= 4 is 55.3 Å². The first-order chi connectivity index (χ1) is 33.6. The Morgan fingerprint density at radius 2 is 1.24 bits per heavy atom. The highest BCUT2D eigenvalue weighted by atomic mass is 32.2. The van der Waals surface area contributed by atoms with Gasteiger partial charge in [0.05, 0.1) is 14.2 Å². The van der Waals surface area contributed by atoms with Crippen LogP contribution in [0.5, 0.6) is 11.5 Å². The van der Waals surface area contributed by atoms with Gasteiger partial charge in [-0.2, -0.15) is 38.7 Å². The first-order valence-electron chi connectivity index (χ1n) is 23.8. The fourth-order valence-corrected chi connectivity index (χ4v) is 8.79. The number of nitrogen functional groups attached to an aromatic ring is 2. The van der Waals surface area contributed by atoms with Gasteiger partial charge in [-0.05, 0) is 115 Å². The highest BCUT2D eigenvalue weighted by Gasteiger charge is 2.20. The van der Waals surface area contributed by atoms with Crippen LogP contribution in [0.1, 0.15) is 116 Å². The Kier molecular flexibility index (Phi) is 26.3. The molecule has 0 saturated carbocycles. The normalized spacial score (nSPS) is 11.7. The van der Waals surface area contributed by atoms with Crippen LogP contribution in [0.25, 0.3) is 15.3 Å². The number of aryl methyl sites for hydroxylation is 2. The number of nitrogens with zero attached hydrogens (tertiary/aromatic N) is 11. The monoisotopic (exact) mass is 1010 g/mol. The fourth-order valence-electron chi connectivity index (χ4n) is 7.48. The number of hydrogen-bond donors (Lipinski definition) is 5. The zero-order valence-corrected chi connectivity index (χ0v) is 45.9. The van der Waals surface area contributed by atoms with Gasteiger partial charge in [0.2, 0.25) is 18.4 Å². The zero-order chi connectivity index (χ0) is 51.5. The van der Waals surface area contributed by atoms with E-state index in [1.54, 1.807) is 14.2 Å². The summed E-state index contributed by atoms with van der Waals surface area (Å²) in [7, 11) is 1.91. The average Bonchev–Trinajstić information content (AvgIpc) is 3.83. The summed E-state index contributed by atoms with van der Waals surface area (Å²) >= 11 is 3.72. The number of rotatable bonds is 26. The minimum atomic E-state index is -1.45. The number of nitrogens with two attached hydrogens (primary N) is 2. The number of aromatic amines is 1. The SMILES string of the molecule is CCCC[C@@H](CCSC)Nc1nc(N)nc(C)c1Cc1cc(Cc2nn[nH]n2)ccc1OC.C[Si](C)(C)N=[N+]=[N-].[C-]#[N+]Cc1ccc(OC)c(Cc2c(C)nc(N)nc2N[C@@H](CCCC)CCSC)c1. The standard InChI is InChI=1S/C23H34N8OS.C23H33N5OS.C3H9N3Si/c1-5-6-7-18(10-11-33-4)26-22-19(15(2)25-23(24)27-22)14-17-12-16(8-9-20(17)32-3)13-21-28-30-31-29-21;1-6-7-8-19(11-12-30-5)27-22-20(16(2)26-23(24)28-22)14-18-13-17(15-25-3)9-10-21(18)29-4;1-7(2,3)6-5-4/h8-9,12,18H,5-7,10-11,13-14H2,1-4H3,(H3,24,25,26,27)(H,28,29,30,31);9-10,13,19H,6-8,11-12,14-15H2,1-2,4-5H3,(H3,24,26,27,28);1-3H3/t18-;19-;/m00./s1. The summed E-state index contributed by atoms with van der Waals surface area (Å²) in [6.45, 7) is 21.9. The van der Waals surface area contributed by atoms with E-state index in [-0.39, 0.29) is 11.9 Å². The van der Waals surface area contributed by atoms with Gasteiger partial charge in [-0.3, -0.25) is 0 Å². The number of methoxy groups -OCH3 is 2. The predicted octanol–water partition coefficient (Wildman–Crippen LogP) is 11.0. The Bertz CT molecular complexity index is 2410.